The van der Waals surface area contributed by atoms with Crippen LogP contribution in [0, 0.1) is 0 Å². The largest absolute Gasteiger partial charge is 0.497 e. The van der Waals surface area contributed by atoms with Gasteiger partial charge in [-0.25, -0.2) is 0 Å². The highest BCUT2D eigenvalue weighted by molar-refractivity contribution is 8.00. The molecule has 0 saturated carbocycles. The lowest BCUT2D eigenvalue weighted by atomic mass is 10.3. The molecular formula is C12H18N2OS. The maximum atomic E-state index is 5.14. The summed E-state index contributed by atoms with van der Waals surface area (Å²) in [6.45, 7) is 3.31. The van der Waals surface area contributed by atoms with Gasteiger partial charge in [0.1, 0.15) is 5.75 Å². The molecule has 0 bridgehead atoms. The number of benzene rings is 1. The molecule has 16 heavy (non-hydrogen) atoms. The lowest BCUT2D eigenvalue weighted by Gasteiger charge is -2.30. The van der Waals surface area contributed by atoms with Crippen molar-refractivity contribution in [2.24, 2.45) is 0 Å². The van der Waals surface area contributed by atoms with E-state index in [0.29, 0.717) is 5.37 Å². The summed E-state index contributed by atoms with van der Waals surface area (Å²) in [7, 11) is 3.86. The fourth-order valence-corrected chi connectivity index (χ4v) is 2.90. The average Bonchev–Trinajstić information content (AvgIpc) is 2.30. The minimum Gasteiger partial charge on any atom is -0.497 e. The molecule has 1 atom stereocenters. The van der Waals surface area contributed by atoms with E-state index >= 15 is 0 Å². The molecule has 0 radical (unpaired) electrons. The predicted octanol–water partition coefficient (Wildman–Crippen LogP) is 1.65. The molecule has 1 aromatic rings. The number of methoxy groups -OCH3 is 1. The van der Waals surface area contributed by atoms with Crippen LogP contribution in [0.5, 0.6) is 5.75 Å². The number of hydrogen-bond donors (Lipinski definition) is 1. The quantitative estimate of drug-likeness (QED) is 0.865. The molecule has 0 aromatic heterocycles. The second-order valence-corrected chi connectivity index (χ2v) is 5.27. The van der Waals surface area contributed by atoms with E-state index in [2.05, 4.69) is 29.4 Å². The molecular weight excluding hydrogens is 220 g/mol. The van der Waals surface area contributed by atoms with Gasteiger partial charge in [0.05, 0.1) is 12.5 Å². The fourth-order valence-electron chi connectivity index (χ4n) is 1.75. The first kappa shape index (κ1) is 11.8. The van der Waals surface area contributed by atoms with Gasteiger partial charge in [-0.3, -0.25) is 0 Å². The number of hydrogen-bond acceptors (Lipinski definition) is 4. The van der Waals surface area contributed by atoms with Crippen LogP contribution in [0.3, 0.4) is 0 Å². The second kappa shape index (κ2) is 5.57. The van der Waals surface area contributed by atoms with Crippen LogP contribution in [0.15, 0.2) is 29.2 Å². The van der Waals surface area contributed by atoms with Crippen LogP contribution < -0.4 is 10.1 Å². The number of likely N-dealkylation sites (N-methyl/N-ethyl adjacent to an activating group) is 1. The van der Waals surface area contributed by atoms with Gasteiger partial charge >= 0.3 is 0 Å². The summed E-state index contributed by atoms with van der Waals surface area (Å²) in [5, 5.41) is 4.01. The molecule has 3 nitrogen and oxygen atoms in total. The molecule has 0 amide bonds. The molecule has 1 aliphatic heterocycles. The third-order valence-electron chi connectivity index (χ3n) is 2.68. The van der Waals surface area contributed by atoms with Crippen molar-refractivity contribution < 1.29 is 4.74 Å². The third kappa shape index (κ3) is 3.14. The zero-order valence-electron chi connectivity index (χ0n) is 9.77. The van der Waals surface area contributed by atoms with E-state index in [0.717, 1.165) is 25.4 Å². The number of piperazine rings is 1. The lowest BCUT2D eigenvalue weighted by molar-refractivity contribution is 0.278. The zero-order chi connectivity index (χ0) is 11.4. The van der Waals surface area contributed by atoms with Gasteiger partial charge in [-0.2, -0.15) is 0 Å². The van der Waals surface area contributed by atoms with Crippen LogP contribution in [0.4, 0.5) is 0 Å². The standard InChI is InChI=1S/C12H18N2OS/c1-14-8-7-13-12(9-14)16-11-5-3-10(15-2)4-6-11/h3-6,12-13H,7-9H2,1-2H3. The molecule has 1 fully saturated rings. The minimum atomic E-state index is 0.493. The van der Waals surface area contributed by atoms with Gasteiger partial charge in [-0.15, -0.1) is 11.8 Å². The first-order chi connectivity index (χ1) is 7.78. The van der Waals surface area contributed by atoms with Crippen molar-refractivity contribution in [3.63, 3.8) is 0 Å². The van der Waals surface area contributed by atoms with Crippen molar-refractivity contribution in [2.45, 2.75) is 10.3 Å². The number of rotatable bonds is 3. The summed E-state index contributed by atoms with van der Waals surface area (Å²) in [4.78, 5) is 3.64. The summed E-state index contributed by atoms with van der Waals surface area (Å²) >= 11 is 1.88. The van der Waals surface area contributed by atoms with E-state index in [4.69, 9.17) is 4.74 Å². The highest BCUT2D eigenvalue weighted by Gasteiger charge is 2.16. The van der Waals surface area contributed by atoms with Gasteiger partial charge in [0.15, 0.2) is 0 Å². The van der Waals surface area contributed by atoms with Crippen molar-refractivity contribution in [2.75, 3.05) is 33.8 Å². The van der Waals surface area contributed by atoms with Crippen LogP contribution >= 0.6 is 11.8 Å². The maximum Gasteiger partial charge on any atom is 0.118 e. The molecule has 88 valence electrons. The topological polar surface area (TPSA) is 24.5 Å². The zero-order valence-corrected chi connectivity index (χ0v) is 10.6. The molecule has 0 spiro atoms. The van der Waals surface area contributed by atoms with E-state index in [-0.39, 0.29) is 0 Å². The Morgan fingerprint density at radius 2 is 2.12 bits per heavy atom. The van der Waals surface area contributed by atoms with Gasteiger partial charge in [0, 0.05) is 24.5 Å². The summed E-state index contributed by atoms with van der Waals surface area (Å²) < 4.78 is 5.14. The minimum absolute atomic E-state index is 0.493. The summed E-state index contributed by atoms with van der Waals surface area (Å²) in [5.41, 5.74) is 0. The molecule has 1 unspecified atom stereocenters. The van der Waals surface area contributed by atoms with E-state index in [1.807, 2.05) is 23.9 Å². The van der Waals surface area contributed by atoms with Crippen LogP contribution in [0.2, 0.25) is 0 Å². The maximum absolute atomic E-state index is 5.14. The van der Waals surface area contributed by atoms with Crippen molar-refractivity contribution in [1.29, 1.82) is 0 Å². The Morgan fingerprint density at radius 1 is 1.38 bits per heavy atom. The first-order valence-corrected chi connectivity index (χ1v) is 6.38. The van der Waals surface area contributed by atoms with Crippen molar-refractivity contribution in [1.82, 2.24) is 10.2 Å². The lowest BCUT2D eigenvalue weighted by Crippen LogP contribution is -2.47. The number of ether oxygens (including phenoxy) is 1. The molecule has 1 aliphatic rings. The van der Waals surface area contributed by atoms with Gasteiger partial charge in [0.2, 0.25) is 0 Å². The van der Waals surface area contributed by atoms with Crippen LogP contribution in [-0.2, 0) is 0 Å². The van der Waals surface area contributed by atoms with E-state index in [1.165, 1.54) is 4.90 Å². The Kier molecular flexibility index (Phi) is 4.09. The van der Waals surface area contributed by atoms with Crippen molar-refractivity contribution in [3.8, 4) is 5.75 Å². The smallest absolute Gasteiger partial charge is 0.118 e. The molecule has 2 rings (SSSR count). The number of nitrogens with one attached hydrogen (secondary N) is 1. The van der Waals surface area contributed by atoms with Crippen LogP contribution in [0.1, 0.15) is 0 Å². The summed E-state index contributed by atoms with van der Waals surface area (Å²) in [6.07, 6.45) is 0. The molecule has 4 heteroatoms. The van der Waals surface area contributed by atoms with E-state index < -0.39 is 0 Å². The van der Waals surface area contributed by atoms with Crippen molar-refractivity contribution >= 4 is 11.8 Å². The summed E-state index contributed by atoms with van der Waals surface area (Å²) in [6, 6.07) is 8.24. The number of thioether (sulfide) groups is 1. The van der Waals surface area contributed by atoms with Gasteiger partial charge in [-0.1, -0.05) is 0 Å². The first-order valence-electron chi connectivity index (χ1n) is 5.50. The number of nitrogens with zero attached hydrogens (tertiary/aromatic N) is 1. The predicted molar refractivity (Wildman–Crippen MR) is 68.1 cm³/mol. The van der Waals surface area contributed by atoms with E-state index in [1.54, 1.807) is 7.11 Å². The van der Waals surface area contributed by atoms with Gasteiger partial charge < -0.3 is 15.0 Å². The normalized spacial score (nSPS) is 22.0. The molecule has 1 heterocycles. The second-order valence-electron chi connectivity index (χ2n) is 4.00. The Bertz CT molecular complexity index is 328. The van der Waals surface area contributed by atoms with Gasteiger partial charge in [-0.05, 0) is 31.3 Å². The van der Waals surface area contributed by atoms with Crippen LogP contribution in [0.25, 0.3) is 0 Å². The Labute approximate surface area is 101 Å². The Balaban J connectivity index is 1.92. The summed E-state index contributed by atoms with van der Waals surface area (Å²) in [5.74, 6) is 0.915. The fraction of sp³-hybridized carbons (Fsp3) is 0.500. The van der Waals surface area contributed by atoms with Crippen molar-refractivity contribution in [3.05, 3.63) is 24.3 Å². The van der Waals surface area contributed by atoms with Crippen LogP contribution in [-0.4, -0.2) is 44.1 Å². The average molecular weight is 238 g/mol. The molecule has 1 saturated heterocycles. The Morgan fingerprint density at radius 3 is 2.75 bits per heavy atom. The van der Waals surface area contributed by atoms with E-state index in [9.17, 15) is 0 Å². The SMILES string of the molecule is COc1ccc(SC2CN(C)CCN2)cc1. The molecule has 1 N–H and O–H groups in total. The third-order valence-corrected chi connectivity index (χ3v) is 3.83. The highest BCUT2D eigenvalue weighted by atomic mass is 32.2. The highest BCUT2D eigenvalue weighted by Crippen LogP contribution is 2.25. The molecule has 1 aromatic carbocycles. The monoisotopic (exact) mass is 238 g/mol. The molecule has 0 aliphatic carbocycles. The Hall–Kier alpha value is -0.710. The van der Waals surface area contributed by atoms with Gasteiger partial charge in [0.25, 0.3) is 0 Å².